The van der Waals surface area contributed by atoms with Crippen LogP contribution in [0, 0.1) is 12.8 Å². The fourth-order valence-corrected chi connectivity index (χ4v) is 3.92. The number of hydrogen-bond donors (Lipinski definition) is 2. The molecule has 0 bridgehead atoms. The lowest BCUT2D eigenvalue weighted by Crippen LogP contribution is -2.49. The third-order valence-electron chi connectivity index (χ3n) is 5.67. The van der Waals surface area contributed by atoms with Crippen molar-refractivity contribution in [3.05, 3.63) is 41.7 Å². The van der Waals surface area contributed by atoms with E-state index in [0.717, 1.165) is 42.4 Å². The van der Waals surface area contributed by atoms with Gasteiger partial charge in [0.1, 0.15) is 18.1 Å². The lowest BCUT2D eigenvalue weighted by Gasteiger charge is -2.38. The number of anilines is 3. The molecule has 1 atom stereocenters. The number of fused-ring (bicyclic) bond motifs is 1. The number of aromatic nitrogens is 2. The summed E-state index contributed by atoms with van der Waals surface area (Å²) in [5.41, 5.74) is 3.08. The van der Waals surface area contributed by atoms with E-state index in [1.165, 1.54) is 5.56 Å². The van der Waals surface area contributed by atoms with Crippen molar-refractivity contribution in [1.82, 2.24) is 9.97 Å². The van der Waals surface area contributed by atoms with E-state index in [1.807, 2.05) is 4.90 Å². The molecule has 3 heterocycles. The average molecular weight is 510 g/mol. The molecule has 12 heteroatoms. The van der Waals surface area contributed by atoms with E-state index in [2.05, 4.69) is 65.2 Å². The predicted octanol–water partition coefficient (Wildman–Crippen LogP) is 3.63. The van der Waals surface area contributed by atoms with Crippen LogP contribution in [0.3, 0.4) is 0 Å². The van der Waals surface area contributed by atoms with Crippen LogP contribution in [0.4, 0.5) is 30.5 Å². The summed E-state index contributed by atoms with van der Waals surface area (Å²) in [6.45, 7) is 9.67. The summed E-state index contributed by atoms with van der Waals surface area (Å²) in [5.74, 6) is -0.739. The molecule has 2 aliphatic heterocycles. The summed E-state index contributed by atoms with van der Waals surface area (Å²) in [6.07, 6.45) is -2.73. The largest absolute Gasteiger partial charge is 0.490 e. The molecule has 0 saturated carbocycles. The number of hydrogen-bond acceptors (Lipinski definition) is 7. The molecule has 0 radical (unpaired) electrons. The van der Waals surface area contributed by atoms with E-state index in [9.17, 15) is 18.0 Å². The second-order valence-corrected chi connectivity index (χ2v) is 9.03. The fraction of sp³-hybridized carbons (Fsp3) is 0.500. The minimum absolute atomic E-state index is 0.0797. The van der Waals surface area contributed by atoms with Crippen LogP contribution < -0.4 is 15.1 Å². The maximum Gasteiger partial charge on any atom is 0.490 e. The van der Waals surface area contributed by atoms with Crippen LogP contribution in [0.25, 0.3) is 0 Å². The number of nitrogens with one attached hydrogen (secondary N) is 1. The molecule has 2 N–H and O–H groups in total. The highest BCUT2D eigenvalue weighted by Crippen LogP contribution is 2.39. The summed E-state index contributed by atoms with van der Waals surface area (Å²) in [6, 6.07) is 8.05. The van der Waals surface area contributed by atoms with Crippen LogP contribution in [0.5, 0.6) is 0 Å². The Hall–Kier alpha value is -3.41. The first kappa shape index (κ1) is 27.2. The number of aliphatic carboxylic acids is 1. The zero-order valence-electron chi connectivity index (χ0n) is 20.4. The number of benzene rings is 1. The summed E-state index contributed by atoms with van der Waals surface area (Å²) in [4.78, 5) is 35.5. The Morgan fingerprint density at radius 1 is 1.19 bits per heavy atom. The highest BCUT2D eigenvalue weighted by atomic mass is 19.4. The van der Waals surface area contributed by atoms with Gasteiger partial charge in [0.15, 0.2) is 11.6 Å². The summed E-state index contributed by atoms with van der Waals surface area (Å²) >= 11 is 0. The third kappa shape index (κ3) is 6.84. The Balaban J connectivity index is 0.000000454. The molecule has 36 heavy (non-hydrogen) atoms. The molecule has 2 aliphatic rings. The second kappa shape index (κ2) is 11.5. The molecule has 0 spiro atoms. The van der Waals surface area contributed by atoms with E-state index in [4.69, 9.17) is 14.6 Å². The number of nitrogens with zero attached hydrogens (tertiary/aromatic N) is 4. The number of carboxylic acid groups (broad SMARTS) is 1. The number of rotatable bonds is 5. The Bertz CT molecular complexity index is 1060. The van der Waals surface area contributed by atoms with E-state index in [-0.39, 0.29) is 11.9 Å². The van der Waals surface area contributed by atoms with Crippen molar-refractivity contribution in [2.45, 2.75) is 46.0 Å². The minimum Gasteiger partial charge on any atom is -0.475 e. The molecule has 4 rings (SSSR count). The topological polar surface area (TPSA) is 108 Å². The van der Waals surface area contributed by atoms with Crippen LogP contribution in [-0.2, 0) is 20.9 Å². The number of carboxylic acids is 1. The van der Waals surface area contributed by atoms with Crippen molar-refractivity contribution >= 4 is 29.2 Å². The molecule has 2 aromatic rings. The van der Waals surface area contributed by atoms with Crippen molar-refractivity contribution in [2.75, 3.05) is 41.4 Å². The van der Waals surface area contributed by atoms with Gasteiger partial charge in [-0.2, -0.15) is 13.2 Å². The number of alkyl halides is 3. The first-order valence-corrected chi connectivity index (χ1v) is 11.6. The van der Waals surface area contributed by atoms with Gasteiger partial charge in [0.2, 0.25) is 5.91 Å². The molecule has 1 unspecified atom stereocenters. The van der Waals surface area contributed by atoms with Gasteiger partial charge in [-0.15, -0.1) is 0 Å². The first-order chi connectivity index (χ1) is 17.0. The Morgan fingerprint density at radius 3 is 2.36 bits per heavy atom. The number of ether oxygens (including phenoxy) is 1. The number of carbonyl (C=O) groups is 2. The van der Waals surface area contributed by atoms with Crippen molar-refractivity contribution < 1.29 is 32.6 Å². The molecular weight excluding hydrogens is 479 g/mol. The number of halogens is 3. The van der Waals surface area contributed by atoms with Crippen molar-refractivity contribution in [1.29, 1.82) is 0 Å². The Morgan fingerprint density at radius 2 is 1.81 bits per heavy atom. The van der Waals surface area contributed by atoms with Gasteiger partial charge in [0, 0.05) is 13.1 Å². The van der Waals surface area contributed by atoms with Crippen LogP contribution in [-0.4, -0.2) is 65.5 Å². The van der Waals surface area contributed by atoms with Crippen LogP contribution >= 0.6 is 0 Å². The molecule has 1 saturated heterocycles. The zero-order valence-corrected chi connectivity index (χ0v) is 20.4. The van der Waals surface area contributed by atoms with E-state index in [1.54, 1.807) is 6.33 Å². The van der Waals surface area contributed by atoms with Crippen LogP contribution in [0.2, 0.25) is 0 Å². The molecule has 9 nitrogen and oxygen atoms in total. The Labute approximate surface area is 207 Å². The number of amides is 1. The van der Waals surface area contributed by atoms with Gasteiger partial charge in [-0.1, -0.05) is 43.7 Å². The maximum atomic E-state index is 13.5. The fourth-order valence-electron chi connectivity index (χ4n) is 3.92. The maximum absolute atomic E-state index is 13.5. The van der Waals surface area contributed by atoms with Crippen molar-refractivity contribution in [3.63, 3.8) is 0 Å². The monoisotopic (exact) mass is 509 g/mol. The van der Waals surface area contributed by atoms with Gasteiger partial charge in [-0.05, 0) is 24.8 Å². The van der Waals surface area contributed by atoms with Crippen molar-refractivity contribution in [3.8, 4) is 0 Å². The lowest BCUT2D eigenvalue weighted by atomic mass is 10.00. The minimum atomic E-state index is -5.08. The highest BCUT2D eigenvalue weighted by molar-refractivity contribution is 6.06. The Kier molecular flexibility index (Phi) is 8.72. The van der Waals surface area contributed by atoms with Gasteiger partial charge < -0.3 is 20.1 Å². The van der Waals surface area contributed by atoms with E-state index < -0.39 is 12.1 Å². The normalized spacial score (nSPS) is 17.8. The molecular formula is C24H30F3N5O4. The van der Waals surface area contributed by atoms with E-state index in [0.29, 0.717) is 25.7 Å². The predicted molar refractivity (Wildman–Crippen MR) is 128 cm³/mol. The SMILES string of the molecule is Cc1ccc(CN2C(=O)C(CC(C)C)Nc3ncnc(N4CCOCC4)c32)cc1.O=C(O)C(F)(F)F. The van der Waals surface area contributed by atoms with Gasteiger partial charge in [-0.3, -0.25) is 9.69 Å². The molecule has 1 fully saturated rings. The third-order valence-corrected chi connectivity index (χ3v) is 5.67. The number of morpholine rings is 1. The standard InChI is InChI=1S/C22H29N5O2.C2HF3O2/c1-15(2)12-18-22(28)27(13-17-6-4-16(3)5-7-17)19-20(25-18)23-14-24-21(19)26-8-10-29-11-9-26;3-2(4,5)1(6)7/h4-7,14-15,18H,8-13H2,1-3H3,(H,23,24,25);(H,6,7). The van der Waals surface area contributed by atoms with Gasteiger partial charge in [0.25, 0.3) is 0 Å². The average Bonchev–Trinajstić information content (AvgIpc) is 2.82. The molecule has 196 valence electrons. The van der Waals surface area contributed by atoms with Crippen LogP contribution in [0.15, 0.2) is 30.6 Å². The smallest absolute Gasteiger partial charge is 0.475 e. The molecule has 1 aromatic heterocycles. The number of carbonyl (C=O) groups excluding carboxylic acids is 1. The quantitative estimate of drug-likeness (QED) is 0.629. The van der Waals surface area contributed by atoms with Crippen molar-refractivity contribution in [2.24, 2.45) is 5.92 Å². The zero-order chi connectivity index (χ0) is 26.5. The van der Waals surface area contributed by atoms with Gasteiger partial charge in [-0.25, -0.2) is 14.8 Å². The highest BCUT2D eigenvalue weighted by Gasteiger charge is 2.38. The van der Waals surface area contributed by atoms with Crippen LogP contribution in [0.1, 0.15) is 31.4 Å². The molecule has 0 aliphatic carbocycles. The number of aryl methyl sites for hydroxylation is 1. The summed E-state index contributed by atoms with van der Waals surface area (Å²) in [7, 11) is 0. The van der Waals surface area contributed by atoms with Gasteiger partial charge >= 0.3 is 12.1 Å². The summed E-state index contributed by atoms with van der Waals surface area (Å²) in [5, 5.41) is 10.5. The van der Waals surface area contributed by atoms with E-state index >= 15 is 0 Å². The second-order valence-electron chi connectivity index (χ2n) is 9.03. The lowest BCUT2D eigenvalue weighted by molar-refractivity contribution is -0.192. The van der Waals surface area contributed by atoms with Gasteiger partial charge in [0.05, 0.1) is 19.8 Å². The first-order valence-electron chi connectivity index (χ1n) is 11.6. The summed E-state index contributed by atoms with van der Waals surface area (Å²) < 4.78 is 37.2. The molecule has 1 aromatic carbocycles. The molecule has 1 amide bonds.